The van der Waals surface area contributed by atoms with Gasteiger partial charge >= 0.3 is 0 Å². The van der Waals surface area contributed by atoms with Crippen LogP contribution < -0.4 is 5.19 Å². The van der Waals surface area contributed by atoms with E-state index in [1.54, 1.807) is 7.11 Å². The average molecular weight is 180 g/mol. The standard InChI is InChI=1S/C10H16OSi/c1-8-5-9(2)7-10(6-8)12(4)11-3/h5-7,12H,1-4H3. The summed E-state index contributed by atoms with van der Waals surface area (Å²) in [6, 6.07) is 6.65. The van der Waals surface area contributed by atoms with Crippen molar-refractivity contribution in [2.45, 2.75) is 20.4 Å². The predicted octanol–water partition coefficient (Wildman–Crippen LogP) is 1.51. The number of aryl methyl sites for hydroxylation is 2. The molecule has 0 bridgehead atoms. The highest BCUT2D eigenvalue weighted by atomic mass is 28.3. The molecule has 0 saturated heterocycles. The van der Waals surface area contributed by atoms with Crippen LogP contribution in [0.1, 0.15) is 11.1 Å². The van der Waals surface area contributed by atoms with Gasteiger partial charge in [-0.2, -0.15) is 0 Å². The average Bonchev–Trinajstić information content (AvgIpc) is 2.01. The van der Waals surface area contributed by atoms with E-state index in [0.717, 1.165) is 0 Å². The predicted molar refractivity (Wildman–Crippen MR) is 55.6 cm³/mol. The van der Waals surface area contributed by atoms with Gasteiger partial charge in [-0.3, -0.25) is 0 Å². The quantitative estimate of drug-likeness (QED) is 0.627. The van der Waals surface area contributed by atoms with Crippen molar-refractivity contribution in [1.82, 2.24) is 0 Å². The molecule has 1 rings (SSSR count). The third kappa shape index (κ3) is 2.19. The van der Waals surface area contributed by atoms with Gasteiger partial charge in [-0.25, -0.2) is 0 Å². The Morgan fingerprint density at radius 3 is 2.00 bits per heavy atom. The molecule has 1 aromatic rings. The van der Waals surface area contributed by atoms with Gasteiger partial charge in [-0.05, 0) is 25.6 Å². The zero-order chi connectivity index (χ0) is 9.14. The molecule has 1 unspecified atom stereocenters. The van der Waals surface area contributed by atoms with Gasteiger partial charge in [0, 0.05) is 7.11 Å². The maximum atomic E-state index is 5.39. The highest BCUT2D eigenvalue weighted by molar-refractivity contribution is 6.66. The molecule has 0 aromatic heterocycles. The van der Waals surface area contributed by atoms with Crippen molar-refractivity contribution in [2.24, 2.45) is 0 Å². The van der Waals surface area contributed by atoms with Gasteiger partial charge in [-0.15, -0.1) is 0 Å². The molecule has 0 aliphatic carbocycles. The van der Waals surface area contributed by atoms with E-state index < -0.39 is 9.04 Å². The lowest BCUT2D eigenvalue weighted by Crippen LogP contribution is -2.29. The summed E-state index contributed by atoms with van der Waals surface area (Å²) in [5.74, 6) is 0. The van der Waals surface area contributed by atoms with Crippen LogP contribution in [-0.2, 0) is 4.43 Å². The Kier molecular flexibility index (Phi) is 3.06. The SMILES string of the molecule is CO[SiH](C)c1cc(C)cc(C)c1. The van der Waals surface area contributed by atoms with Gasteiger partial charge in [0.1, 0.15) is 0 Å². The summed E-state index contributed by atoms with van der Waals surface area (Å²) in [5, 5.41) is 1.40. The molecule has 1 atom stereocenters. The lowest BCUT2D eigenvalue weighted by Gasteiger charge is -2.09. The molecular weight excluding hydrogens is 164 g/mol. The molecule has 12 heavy (non-hydrogen) atoms. The number of benzene rings is 1. The van der Waals surface area contributed by atoms with Crippen LogP contribution in [0.2, 0.25) is 6.55 Å². The fourth-order valence-electron chi connectivity index (χ4n) is 1.38. The zero-order valence-electron chi connectivity index (χ0n) is 8.22. The van der Waals surface area contributed by atoms with Crippen molar-refractivity contribution >= 4 is 14.2 Å². The van der Waals surface area contributed by atoms with E-state index in [1.165, 1.54) is 16.3 Å². The first-order valence-corrected chi connectivity index (χ1v) is 6.45. The third-order valence-corrected chi connectivity index (χ3v) is 4.05. The van der Waals surface area contributed by atoms with Crippen LogP contribution in [0.4, 0.5) is 0 Å². The summed E-state index contributed by atoms with van der Waals surface area (Å²) in [4.78, 5) is 0. The Morgan fingerprint density at radius 2 is 1.58 bits per heavy atom. The van der Waals surface area contributed by atoms with Gasteiger partial charge in [0.2, 0.25) is 9.04 Å². The van der Waals surface area contributed by atoms with E-state index in [2.05, 4.69) is 38.6 Å². The van der Waals surface area contributed by atoms with Crippen LogP contribution in [0.5, 0.6) is 0 Å². The summed E-state index contributed by atoms with van der Waals surface area (Å²) in [6.07, 6.45) is 0. The summed E-state index contributed by atoms with van der Waals surface area (Å²) in [6.45, 7) is 6.47. The second-order valence-corrected chi connectivity index (χ2v) is 5.72. The first kappa shape index (κ1) is 9.48. The Morgan fingerprint density at radius 1 is 1.08 bits per heavy atom. The molecule has 0 radical (unpaired) electrons. The van der Waals surface area contributed by atoms with E-state index >= 15 is 0 Å². The highest BCUT2D eigenvalue weighted by Gasteiger charge is 2.06. The van der Waals surface area contributed by atoms with E-state index in [0.29, 0.717) is 0 Å². The smallest absolute Gasteiger partial charge is 0.204 e. The van der Waals surface area contributed by atoms with Crippen LogP contribution in [0.15, 0.2) is 18.2 Å². The topological polar surface area (TPSA) is 9.23 Å². The van der Waals surface area contributed by atoms with Crippen molar-refractivity contribution in [1.29, 1.82) is 0 Å². The molecule has 1 aromatic carbocycles. The Bertz CT molecular complexity index is 250. The molecule has 0 aliphatic rings. The second-order valence-electron chi connectivity index (χ2n) is 3.30. The fourth-order valence-corrected chi connectivity index (χ4v) is 2.65. The monoisotopic (exact) mass is 180 g/mol. The molecule has 0 spiro atoms. The molecule has 0 amide bonds. The molecule has 2 heteroatoms. The Balaban J connectivity index is 3.00. The molecule has 66 valence electrons. The first-order valence-electron chi connectivity index (χ1n) is 4.24. The van der Waals surface area contributed by atoms with E-state index in [9.17, 15) is 0 Å². The molecule has 0 saturated carbocycles. The molecule has 0 N–H and O–H groups in total. The molecule has 0 fully saturated rings. The maximum absolute atomic E-state index is 5.39. The van der Waals surface area contributed by atoms with Crippen molar-refractivity contribution < 1.29 is 4.43 Å². The van der Waals surface area contributed by atoms with E-state index in [4.69, 9.17) is 4.43 Å². The first-order chi connectivity index (χ1) is 5.63. The minimum Gasteiger partial charge on any atom is -0.419 e. The number of hydrogen-bond acceptors (Lipinski definition) is 1. The lowest BCUT2D eigenvalue weighted by molar-refractivity contribution is 0.434. The molecular formula is C10H16OSi. The lowest BCUT2D eigenvalue weighted by atomic mass is 10.2. The molecule has 0 aliphatic heterocycles. The van der Waals surface area contributed by atoms with E-state index in [1.807, 2.05) is 0 Å². The minimum atomic E-state index is -1.10. The van der Waals surface area contributed by atoms with Gasteiger partial charge < -0.3 is 4.43 Å². The summed E-state index contributed by atoms with van der Waals surface area (Å²) in [7, 11) is 0.704. The van der Waals surface area contributed by atoms with Crippen LogP contribution in [-0.4, -0.2) is 16.2 Å². The molecule has 0 heterocycles. The summed E-state index contributed by atoms with van der Waals surface area (Å²) < 4.78 is 5.39. The number of hydrogen-bond donors (Lipinski definition) is 0. The van der Waals surface area contributed by atoms with Gasteiger partial charge in [-0.1, -0.05) is 29.3 Å². The van der Waals surface area contributed by atoms with Gasteiger partial charge in [0.05, 0.1) is 0 Å². The van der Waals surface area contributed by atoms with Crippen molar-refractivity contribution in [3.8, 4) is 0 Å². The Hall–Kier alpha value is -0.603. The minimum absolute atomic E-state index is 1.10. The van der Waals surface area contributed by atoms with Crippen LogP contribution in [0.3, 0.4) is 0 Å². The van der Waals surface area contributed by atoms with Crippen molar-refractivity contribution in [2.75, 3.05) is 7.11 Å². The fraction of sp³-hybridized carbons (Fsp3) is 0.400. The van der Waals surface area contributed by atoms with Crippen LogP contribution in [0.25, 0.3) is 0 Å². The summed E-state index contributed by atoms with van der Waals surface area (Å²) in [5.41, 5.74) is 2.67. The van der Waals surface area contributed by atoms with Gasteiger partial charge in [0.25, 0.3) is 0 Å². The zero-order valence-corrected chi connectivity index (χ0v) is 9.37. The maximum Gasteiger partial charge on any atom is 0.204 e. The summed E-state index contributed by atoms with van der Waals surface area (Å²) >= 11 is 0. The Labute approximate surface area is 76.1 Å². The number of rotatable bonds is 2. The second kappa shape index (κ2) is 3.87. The van der Waals surface area contributed by atoms with Crippen LogP contribution >= 0.6 is 0 Å². The van der Waals surface area contributed by atoms with Gasteiger partial charge in [0.15, 0.2) is 0 Å². The normalized spacial score (nSPS) is 13.0. The third-order valence-electron chi connectivity index (χ3n) is 2.07. The van der Waals surface area contributed by atoms with Crippen LogP contribution in [0, 0.1) is 13.8 Å². The van der Waals surface area contributed by atoms with Crippen molar-refractivity contribution in [3.63, 3.8) is 0 Å². The van der Waals surface area contributed by atoms with Crippen molar-refractivity contribution in [3.05, 3.63) is 29.3 Å². The largest absolute Gasteiger partial charge is 0.419 e. The molecule has 1 nitrogen and oxygen atoms in total. The highest BCUT2D eigenvalue weighted by Crippen LogP contribution is 2.01. The van der Waals surface area contributed by atoms with E-state index in [-0.39, 0.29) is 0 Å².